The topological polar surface area (TPSA) is 33.1 Å². The second-order valence-corrected chi connectivity index (χ2v) is 5.11. The van der Waals surface area contributed by atoms with Crippen molar-refractivity contribution in [1.29, 1.82) is 0 Å². The molecule has 0 aliphatic carbocycles. The molecule has 0 amide bonds. The Hall–Kier alpha value is -1.26. The van der Waals surface area contributed by atoms with Crippen LogP contribution in [0.3, 0.4) is 0 Å². The lowest BCUT2D eigenvalue weighted by Crippen LogP contribution is -2.02. The molecule has 0 fully saturated rings. The van der Waals surface area contributed by atoms with Crippen molar-refractivity contribution in [2.24, 2.45) is 0 Å². The lowest BCUT2D eigenvalue weighted by atomic mass is 10.0. The molecule has 0 aliphatic rings. The first-order valence-corrected chi connectivity index (χ1v) is 6.29. The molecule has 0 spiro atoms. The first-order valence-electron chi connectivity index (χ1n) is 5.41. The maximum atomic E-state index is 13.2. The van der Waals surface area contributed by atoms with E-state index >= 15 is 0 Å². The molecule has 0 bridgehead atoms. The van der Waals surface area contributed by atoms with Crippen LogP contribution in [0.15, 0.2) is 23.6 Å². The molecule has 1 N–H and O–H groups in total. The van der Waals surface area contributed by atoms with Crippen LogP contribution < -0.4 is 0 Å². The lowest BCUT2D eigenvalue weighted by molar-refractivity contribution is 0.178. The molecule has 0 saturated heterocycles. The molecule has 2 nitrogen and oxygen atoms in total. The average molecular weight is 251 g/mol. The molecular formula is C13H14FNOS. The van der Waals surface area contributed by atoms with Gasteiger partial charge in [0.05, 0.1) is 11.1 Å². The zero-order chi connectivity index (χ0) is 12.4. The van der Waals surface area contributed by atoms with Crippen LogP contribution in [0, 0.1) is 19.7 Å². The number of rotatable bonds is 3. The van der Waals surface area contributed by atoms with Gasteiger partial charge in [-0.15, -0.1) is 11.3 Å². The average Bonchev–Trinajstić information content (AvgIpc) is 2.62. The summed E-state index contributed by atoms with van der Waals surface area (Å²) in [6.07, 6.45) is -0.267. The van der Waals surface area contributed by atoms with Crippen LogP contribution in [0.1, 0.15) is 27.9 Å². The summed E-state index contributed by atoms with van der Waals surface area (Å²) in [6, 6.07) is 4.62. The fraction of sp³-hybridized carbons (Fsp3) is 0.308. The third-order valence-corrected chi connectivity index (χ3v) is 3.47. The number of thiazole rings is 1. The minimum Gasteiger partial charge on any atom is -0.388 e. The van der Waals surface area contributed by atoms with Crippen molar-refractivity contribution in [2.75, 3.05) is 0 Å². The van der Waals surface area contributed by atoms with E-state index in [0.717, 1.165) is 16.3 Å². The quantitative estimate of drug-likeness (QED) is 0.909. The number of halogens is 1. The van der Waals surface area contributed by atoms with Gasteiger partial charge in [-0.2, -0.15) is 0 Å². The first-order chi connectivity index (χ1) is 8.04. The van der Waals surface area contributed by atoms with Crippen LogP contribution >= 0.6 is 11.3 Å². The Kier molecular flexibility index (Phi) is 3.54. The molecule has 2 rings (SSSR count). The minimum atomic E-state index is -0.699. The van der Waals surface area contributed by atoms with Gasteiger partial charge in [-0.25, -0.2) is 9.37 Å². The van der Waals surface area contributed by atoms with E-state index in [9.17, 15) is 9.50 Å². The van der Waals surface area contributed by atoms with Crippen LogP contribution in [0.2, 0.25) is 0 Å². The van der Waals surface area contributed by atoms with Crippen LogP contribution in [0.25, 0.3) is 0 Å². The smallest absolute Gasteiger partial charge is 0.123 e. The third kappa shape index (κ3) is 3.11. The van der Waals surface area contributed by atoms with Gasteiger partial charge < -0.3 is 5.11 Å². The summed E-state index contributed by atoms with van der Waals surface area (Å²) in [5.74, 6) is -0.311. The summed E-state index contributed by atoms with van der Waals surface area (Å²) < 4.78 is 13.2. The van der Waals surface area contributed by atoms with E-state index in [1.165, 1.54) is 23.5 Å². The molecule has 90 valence electrons. The Morgan fingerprint density at radius 3 is 2.71 bits per heavy atom. The van der Waals surface area contributed by atoms with Gasteiger partial charge in [0.2, 0.25) is 0 Å². The summed E-state index contributed by atoms with van der Waals surface area (Å²) in [7, 11) is 0. The van der Waals surface area contributed by atoms with Crippen LogP contribution in [0.4, 0.5) is 4.39 Å². The van der Waals surface area contributed by atoms with E-state index in [2.05, 4.69) is 4.98 Å². The van der Waals surface area contributed by atoms with E-state index < -0.39 is 6.10 Å². The van der Waals surface area contributed by atoms with E-state index in [4.69, 9.17) is 0 Å². The predicted octanol–water partition coefficient (Wildman–Crippen LogP) is 3.18. The summed E-state index contributed by atoms with van der Waals surface area (Å²) in [5.41, 5.74) is 2.37. The predicted molar refractivity (Wildman–Crippen MR) is 66.7 cm³/mol. The Labute approximate surface area is 104 Å². The van der Waals surface area contributed by atoms with E-state index in [1.807, 2.05) is 19.2 Å². The molecule has 1 atom stereocenters. The zero-order valence-electron chi connectivity index (χ0n) is 9.77. The number of hydrogen-bond acceptors (Lipinski definition) is 3. The zero-order valence-corrected chi connectivity index (χ0v) is 10.6. The van der Waals surface area contributed by atoms with Crippen molar-refractivity contribution in [3.63, 3.8) is 0 Å². The first kappa shape index (κ1) is 12.2. The van der Waals surface area contributed by atoms with Gasteiger partial charge in [0.15, 0.2) is 0 Å². The van der Waals surface area contributed by atoms with Gasteiger partial charge in [0, 0.05) is 17.5 Å². The number of aromatic nitrogens is 1. The summed E-state index contributed by atoms with van der Waals surface area (Å²) >= 11 is 1.52. The van der Waals surface area contributed by atoms with Crippen LogP contribution in [-0.2, 0) is 6.42 Å². The molecule has 1 unspecified atom stereocenters. The van der Waals surface area contributed by atoms with Gasteiger partial charge in [0.25, 0.3) is 0 Å². The summed E-state index contributed by atoms with van der Waals surface area (Å²) in [5, 5.41) is 12.8. The Morgan fingerprint density at radius 2 is 2.12 bits per heavy atom. The number of aliphatic hydroxyl groups excluding tert-OH is 1. The molecule has 17 heavy (non-hydrogen) atoms. The van der Waals surface area contributed by atoms with E-state index in [-0.39, 0.29) is 5.82 Å². The highest BCUT2D eigenvalue weighted by Crippen LogP contribution is 2.22. The highest BCUT2D eigenvalue weighted by molar-refractivity contribution is 7.09. The highest BCUT2D eigenvalue weighted by atomic mass is 32.1. The Bertz CT molecular complexity index is 504. The second kappa shape index (κ2) is 4.94. The number of hydrogen-bond donors (Lipinski definition) is 1. The normalized spacial score (nSPS) is 12.7. The minimum absolute atomic E-state index is 0.311. The largest absolute Gasteiger partial charge is 0.388 e. The van der Waals surface area contributed by atoms with Crippen molar-refractivity contribution < 1.29 is 9.50 Å². The van der Waals surface area contributed by atoms with Crippen molar-refractivity contribution in [3.8, 4) is 0 Å². The number of aliphatic hydroxyl groups is 1. The van der Waals surface area contributed by atoms with Crippen molar-refractivity contribution in [3.05, 3.63) is 51.2 Å². The Morgan fingerprint density at radius 1 is 1.35 bits per heavy atom. The SMILES string of the molecule is Cc1cc(F)cc(C(O)Cc2nc(C)cs2)c1. The van der Waals surface area contributed by atoms with Crippen molar-refractivity contribution >= 4 is 11.3 Å². The van der Waals surface area contributed by atoms with E-state index in [0.29, 0.717) is 12.0 Å². The summed E-state index contributed by atoms with van der Waals surface area (Å²) in [4.78, 5) is 4.29. The fourth-order valence-corrected chi connectivity index (χ4v) is 2.55. The number of nitrogens with zero attached hydrogens (tertiary/aromatic N) is 1. The highest BCUT2D eigenvalue weighted by Gasteiger charge is 2.12. The van der Waals surface area contributed by atoms with E-state index in [1.54, 1.807) is 6.07 Å². The van der Waals surface area contributed by atoms with Gasteiger partial charge in [-0.3, -0.25) is 0 Å². The monoisotopic (exact) mass is 251 g/mol. The van der Waals surface area contributed by atoms with Gasteiger partial charge >= 0.3 is 0 Å². The number of aryl methyl sites for hydroxylation is 2. The molecule has 4 heteroatoms. The van der Waals surface area contributed by atoms with Crippen LogP contribution in [-0.4, -0.2) is 10.1 Å². The fourth-order valence-electron chi connectivity index (χ4n) is 1.74. The standard InChI is InChI=1S/C13H14FNOS/c1-8-3-10(5-11(14)4-8)12(16)6-13-15-9(2)7-17-13/h3-5,7,12,16H,6H2,1-2H3. The van der Waals surface area contributed by atoms with Gasteiger partial charge in [-0.05, 0) is 37.1 Å². The molecule has 2 aromatic rings. The molecule has 1 aromatic heterocycles. The molecule has 1 aromatic carbocycles. The third-order valence-electron chi connectivity index (χ3n) is 2.48. The van der Waals surface area contributed by atoms with Gasteiger partial charge in [0.1, 0.15) is 5.82 Å². The maximum Gasteiger partial charge on any atom is 0.123 e. The lowest BCUT2D eigenvalue weighted by Gasteiger charge is -2.10. The summed E-state index contributed by atoms with van der Waals surface area (Å²) in [6.45, 7) is 3.73. The molecular weight excluding hydrogens is 237 g/mol. The molecule has 0 aliphatic heterocycles. The van der Waals surface area contributed by atoms with Crippen molar-refractivity contribution in [1.82, 2.24) is 4.98 Å². The van der Waals surface area contributed by atoms with Gasteiger partial charge in [-0.1, -0.05) is 6.07 Å². The maximum absolute atomic E-state index is 13.2. The molecule has 0 saturated carbocycles. The van der Waals surface area contributed by atoms with Crippen LogP contribution in [0.5, 0.6) is 0 Å². The second-order valence-electron chi connectivity index (χ2n) is 4.16. The van der Waals surface area contributed by atoms with Crippen molar-refractivity contribution in [2.45, 2.75) is 26.4 Å². The Balaban J connectivity index is 2.16. The molecule has 1 heterocycles. The number of benzene rings is 1. The molecule has 0 radical (unpaired) electrons.